The van der Waals surface area contributed by atoms with Crippen LogP contribution in [0.1, 0.15) is 141 Å². The molecule has 3 saturated heterocycles. The summed E-state index contributed by atoms with van der Waals surface area (Å²) < 4.78 is 61.3. The predicted molar refractivity (Wildman–Crippen MR) is 276 cm³/mol. The molecule has 23 heteroatoms. The van der Waals surface area contributed by atoms with Crippen molar-refractivity contribution in [1.29, 1.82) is 0 Å². The minimum atomic E-state index is -0.875. The number of hydrogen-bond donors (Lipinski definition) is 1. The van der Waals surface area contributed by atoms with Gasteiger partial charge >= 0.3 is 39.0 Å². The summed E-state index contributed by atoms with van der Waals surface area (Å²) in [6, 6.07) is 5.18. The molecule has 0 unspecified atom stereocenters. The van der Waals surface area contributed by atoms with E-state index < -0.39 is 33.1 Å². The fourth-order valence-electron chi connectivity index (χ4n) is 5.38. The van der Waals surface area contributed by atoms with Gasteiger partial charge in [-0.15, -0.1) is 34.0 Å². The standard InChI is InChI=1S/C13H19BO4S.C12H24B2O4.C7H7BrO2S.C6H5BrO2S.C5H12O3.CH4/c1-8-9(7-10(19-8)11(15)16-6)14-17-12(2,3)13(4,5)18-14;1-9(2)10(3,4)16-13(15-9)14-17-11(5,6)12(7,8)18-14;1-4-5(8)3-6(11-4)7(9)10-2;1-3-4(7)2-5(10-3)6(8)9;1-5(6-2,7-3)8-4;/h7H,1-6H3;1-8H3;3H,1-2H3;2H,1H3,(H,8,9);1-4H3;1H4. The van der Waals surface area contributed by atoms with Crippen molar-refractivity contribution >= 4 is 110 Å². The van der Waals surface area contributed by atoms with Gasteiger partial charge in [0.1, 0.15) is 14.6 Å². The number of aromatic carboxylic acids is 1. The first kappa shape index (κ1) is 63.3. The number of esters is 2. The number of methoxy groups -OCH3 is 5. The van der Waals surface area contributed by atoms with Crippen LogP contribution in [-0.2, 0) is 51.6 Å². The molecule has 15 nitrogen and oxygen atoms in total. The third-order valence-corrected chi connectivity index (χ3v) is 17.3. The van der Waals surface area contributed by atoms with Crippen LogP contribution in [0.2, 0.25) is 0 Å². The quantitative estimate of drug-likeness (QED) is 0.128. The van der Waals surface area contributed by atoms with Crippen molar-refractivity contribution in [3.63, 3.8) is 0 Å². The van der Waals surface area contributed by atoms with Crippen molar-refractivity contribution < 1.29 is 71.1 Å². The van der Waals surface area contributed by atoms with E-state index >= 15 is 0 Å². The lowest BCUT2D eigenvalue weighted by atomic mass is 9.49. The minimum Gasteiger partial charge on any atom is -0.477 e. The molecule has 3 aliphatic heterocycles. The van der Waals surface area contributed by atoms with Gasteiger partial charge in [0.05, 0.1) is 47.8 Å². The highest BCUT2D eigenvalue weighted by Gasteiger charge is 2.63. The number of aryl methyl sites for hydroxylation is 3. The van der Waals surface area contributed by atoms with Crippen LogP contribution in [0.15, 0.2) is 27.1 Å². The van der Waals surface area contributed by atoms with E-state index in [1.807, 2.05) is 104 Å². The Balaban J connectivity index is 0.000000434. The number of carbonyl (C=O) groups excluding carboxylic acids is 2. The van der Waals surface area contributed by atoms with E-state index in [0.29, 0.717) is 14.6 Å². The van der Waals surface area contributed by atoms with Gasteiger partial charge in [-0.3, -0.25) is 0 Å². The molecule has 0 spiro atoms. The molecular formula is C44H71B3Br2O15S3. The zero-order valence-corrected chi connectivity index (χ0v) is 47.7. The zero-order chi connectivity index (χ0) is 51.2. The summed E-state index contributed by atoms with van der Waals surface area (Å²) in [6.07, 6.45) is 0. The Morgan fingerprint density at radius 3 is 1.06 bits per heavy atom. The summed E-state index contributed by atoms with van der Waals surface area (Å²) in [5.41, 5.74) is -1.29. The zero-order valence-electron chi connectivity index (χ0n) is 42.1. The Bertz CT molecular complexity index is 1980. The molecule has 6 rings (SSSR count). The van der Waals surface area contributed by atoms with E-state index in [1.165, 1.54) is 69.6 Å². The normalized spacial score (nSPS) is 18.9. The highest BCUT2D eigenvalue weighted by molar-refractivity contribution is 9.11. The average Bonchev–Trinajstić information content (AvgIpc) is 4.02. The lowest BCUT2D eigenvalue weighted by Crippen LogP contribution is -2.41. The van der Waals surface area contributed by atoms with Crippen LogP contribution in [0.5, 0.6) is 0 Å². The molecule has 6 heterocycles. The van der Waals surface area contributed by atoms with Gasteiger partial charge in [0, 0.05) is 51.8 Å². The summed E-state index contributed by atoms with van der Waals surface area (Å²) in [5, 5.41) is 8.51. The number of rotatable bonds is 8. The molecule has 3 aromatic heterocycles. The third kappa shape index (κ3) is 16.2. The van der Waals surface area contributed by atoms with Gasteiger partial charge in [-0.2, -0.15) is 0 Å². The van der Waals surface area contributed by atoms with Crippen LogP contribution < -0.4 is 5.46 Å². The number of hydrogen-bond acceptors (Lipinski definition) is 17. The number of ether oxygens (including phenoxy) is 5. The van der Waals surface area contributed by atoms with Crippen LogP contribution in [-0.4, -0.2) is 119 Å². The molecule has 0 aromatic carbocycles. The van der Waals surface area contributed by atoms with Crippen LogP contribution in [0.3, 0.4) is 0 Å². The van der Waals surface area contributed by atoms with Gasteiger partial charge < -0.3 is 56.7 Å². The van der Waals surface area contributed by atoms with E-state index in [1.54, 1.807) is 25.1 Å². The molecule has 0 aliphatic carbocycles. The number of carboxylic acid groups (broad SMARTS) is 1. The Hall–Kier alpha value is -1.70. The summed E-state index contributed by atoms with van der Waals surface area (Å²) in [5.74, 6) is -2.33. The topological polar surface area (TPSA) is 173 Å². The summed E-state index contributed by atoms with van der Waals surface area (Å²) >= 11 is 10.6. The van der Waals surface area contributed by atoms with Gasteiger partial charge in [0.25, 0.3) is 5.97 Å². The van der Waals surface area contributed by atoms with Crippen molar-refractivity contribution in [2.75, 3.05) is 35.5 Å². The first-order valence-corrected chi connectivity index (χ1v) is 24.8. The number of thiophene rings is 3. The molecule has 1 N–H and O–H groups in total. The summed E-state index contributed by atoms with van der Waals surface area (Å²) in [7, 11) is 5.94. The second-order valence-electron chi connectivity index (χ2n) is 18.3. The first-order chi connectivity index (χ1) is 30.0. The van der Waals surface area contributed by atoms with Crippen LogP contribution >= 0.6 is 65.9 Å². The molecule has 0 bridgehead atoms. The van der Waals surface area contributed by atoms with Crippen molar-refractivity contribution in [1.82, 2.24) is 0 Å². The Morgan fingerprint density at radius 1 is 0.537 bits per heavy atom. The predicted octanol–water partition coefficient (Wildman–Crippen LogP) is 10.7. The summed E-state index contributed by atoms with van der Waals surface area (Å²) in [4.78, 5) is 37.5. The monoisotopic (exact) mass is 1130 g/mol. The van der Waals surface area contributed by atoms with Crippen LogP contribution in [0.25, 0.3) is 0 Å². The van der Waals surface area contributed by atoms with Gasteiger partial charge in [0.15, 0.2) is 0 Å². The van der Waals surface area contributed by atoms with E-state index in [9.17, 15) is 14.4 Å². The molecule has 378 valence electrons. The SMILES string of the molecule is C.CC1(C)OB(B2OC(C)(C)C(C)(C)O2)OC1(C)C.COC(=O)c1cc(B2OC(C)(C)C(C)(C)O2)c(C)s1.COC(=O)c1cc(Br)c(C)s1.COC(C)(OC)OC.Cc1sc(C(=O)O)cc1Br. The number of halogens is 2. The Kier molecular flexibility index (Phi) is 23.3. The maximum Gasteiger partial charge on any atom is 0.495 e. The lowest BCUT2D eigenvalue weighted by molar-refractivity contribution is -0.340. The van der Waals surface area contributed by atoms with Crippen molar-refractivity contribution in [3.05, 3.63) is 56.4 Å². The maximum absolute atomic E-state index is 11.6. The Morgan fingerprint density at radius 2 is 0.821 bits per heavy atom. The van der Waals surface area contributed by atoms with E-state index in [4.69, 9.17) is 52.0 Å². The molecule has 3 aromatic rings. The molecule has 0 atom stereocenters. The Labute approximate surface area is 428 Å². The van der Waals surface area contributed by atoms with Crippen LogP contribution in [0.4, 0.5) is 0 Å². The lowest BCUT2D eigenvalue weighted by Gasteiger charge is -2.32. The number of carboxylic acids is 1. The maximum atomic E-state index is 11.6. The second-order valence-corrected chi connectivity index (χ2v) is 23.7. The van der Waals surface area contributed by atoms with Crippen molar-refractivity contribution in [2.45, 2.75) is 158 Å². The smallest absolute Gasteiger partial charge is 0.477 e. The first-order valence-electron chi connectivity index (χ1n) is 20.7. The fourth-order valence-corrected chi connectivity index (χ4v) is 9.16. The van der Waals surface area contributed by atoms with Gasteiger partial charge in [0.2, 0.25) is 0 Å². The van der Waals surface area contributed by atoms with Crippen molar-refractivity contribution in [3.8, 4) is 0 Å². The largest absolute Gasteiger partial charge is 0.495 e. The van der Waals surface area contributed by atoms with Gasteiger partial charge in [-0.05, 0) is 159 Å². The molecule has 0 saturated carbocycles. The number of carbonyl (C=O) groups is 3. The third-order valence-electron chi connectivity index (χ3n) is 12.0. The highest BCUT2D eigenvalue weighted by atomic mass is 79.9. The van der Waals surface area contributed by atoms with E-state index in [2.05, 4.69) is 36.6 Å². The van der Waals surface area contributed by atoms with Gasteiger partial charge in [-0.25, -0.2) is 14.4 Å². The molecule has 67 heavy (non-hydrogen) atoms. The van der Waals surface area contributed by atoms with Crippen LogP contribution in [0, 0.1) is 20.8 Å². The molecular weight excluding hydrogens is 1060 g/mol. The molecule has 3 aliphatic rings. The molecule has 3 fully saturated rings. The fraction of sp³-hybridized carbons (Fsp3) is 0.659. The van der Waals surface area contributed by atoms with Gasteiger partial charge in [-0.1, -0.05) is 7.43 Å². The second kappa shape index (κ2) is 24.6. The summed E-state index contributed by atoms with van der Waals surface area (Å²) in [6.45, 7) is 31.7. The average molecular weight is 1130 g/mol. The highest BCUT2D eigenvalue weighted by Crippen LogP contribution is 2.43. The minimum absolute atomic E-state index is 0. The van der Waals surface area contributed by atoms with Crippen molar-refractivity contribution in [2.24, 2.45) is 0 Å². The molecule has 0 radical (unpaired) electrons. The van der Waals surface area contributed by atoms with E-state index in [0.717, 1.165) is 29.0 Å². The van der Waals surface area contributed by atoms with E-state index in [-0.39, 0.29) is 53.0 Å². The molecule has 0 amide bonds.